The molecule has 1 aliphatic rings. The van der Waals surface area contributed by atoms with Gasteiger partial charge in [0.15, 0.2) is 0 Å². The molecule has 2 heteroatoms. The minimum Gasteiger partial charge on any atom is -0.345 e. The van der Waals surface area contributed by atoms with E-state index in [9.17, 15) is 4.79 Å². The molecule has 1 aliphatic heterocycles. The fraction of sp³-hybridized carbons (Fsp3) is 0.833. The van der Waals surface area contributed by atoms with Gasteiger partial charge >= 0.3 is 0 Å². The summed E-state index contributed by atoms with van der Waals surface area (Å²) < 4.78 is 0. The summed E-state index contributed by atoms with van der Waals surface area (Å²) in [6.45, 7) is 4.09. The van der Waals surface area contributed by atoms with E-state index in [2.05, 4.69) is 6.92 Å². The van der Waals surface area contributed by atoms with Crippen molar-refractivity contribution in [2.24, 2.45) is 5.92 Å². The third kappa shape index (κ3) is 0.997. The van der Waals surface area contributed by atoms with Gasteiger partial charge in [-0.1, -0.05) is 6.92 Å². The van der Waals surface area contributed by atoms with Crippen LogP contribution >= 0.6 is 0 Å². The van der Waals surface area contributed by atoms with Crippen molar-refractivity contribution in [3.63, 3.8) is 0 Å². The highest BCUT2D eigenvalue weighted by atomic mass is 16.1. The molecule has 0 aliphatic carbocycles. The molecule has 1 heterocycles. The number of carbonyl (C=O) groups excluding carboxylic acids is 1. The minimum atomic E-state index is 0.722. The molecule has 1 saturated heterocycles. The van der Waals surface area contributed by atoms with Gasteiger partial charge in [-0.15, -0.1) is 0 Å². The standard InChI is InChI=1S/C6H11NO/c1-6-2-3-7(4-6)5-8/h5-6H,2-4H2,1H3/t6-/m1/s1. The quantitative estimate of drug-likeness (QED) is 0.453. The van der Waals surface area contributed by atoms with Gasteiger partial charge in [0.2, 0.25) is 6.41 Å². The molecule has 0 unspecified atom stereocenters. The van der Waals surface area contributed by atoms with E-state index < -0.39 is 0 Å². The summed E-state index contributed by atoms with van der Waals surface area (Å²) in [5.74, 6) is 0.722. The third-order valence-corrected chi connectivity index (χ3v) is 1.60. The van der Waals surface area contributed by atoms with Crippen LogP contribution in [-0.4, -0.2) is 24.4 Å². The van der Waals surface area contributed by atoms with Crippen molar-refractivity contribution in [1.82, 2.24) is 4.90 Å². The zero-order chi connectivity index (χ0) is 5.98. The van der Waals surface area contributed by atoms with E-state index in [1.165, 1.54) is 6.42 Å². The predicted molar refractivity (Wildman–Crippen MR) is 31.4 cm³/mol. The molecule has 0 bridgehead atoms. The van der Waals surface area contributed by atoms with Crippen molar-refractivity contribution < 1.29 is 4.79 Å². The lowest BCUT2D eigenvalue weighted by atomic mass is 10.2. The average molecular weight is 113 g/mol. The molecular weight excluding hydrogens is 102 g/mol. The molecular formula is C6H11NO. The van der Waals surface area contributed by atoms with Crippen molar-refractivity contribution in [3.8, 4) is 0 Å². The van der Waals surface area contributed by atoms with Crippen LogP contribution in [0.25, 0.3) is 0 Å². The molecule has 0 aromatic carbocycles. The maximum absolute atomic E-state index is 10.1. The van der Waals surface area contributed by atoms with Gasteiger partial charge in [0.05, 0.1) is 0 Å². The molecule has 1 fully saturated rings. The van der Waals surface area contributed by atoms with Crippen molar-refractivity contribution in [2.45, 2.75) is 13.3 Å². The Morgan fingerprint density at radius 2 is 2.50 bits per heavy atom. The van der Waals surface area contributed by atoms with Crippen LogP contribution < -0.4 is 0 Å². The summed E-state index contributed by atoms with van der Waals surface area (Å²) in [5, 5.41) is 0. The average Bonchev–Trinajstić information content (AvgIpc) is 2.14. The van der Waals surface area contributed by atoms with E-state index >= 15 is 0 Å². The molecule has 0 radical (unpaired) electrons. The van der Waals surface area contributed by atoms with Crippen LogP contribution in [0.4, 0.5) is 0 Å². The first kappa shape index (κ1) is 5.60. The van der Waals surface area contributed by atoms with E-state index in [0.29, 0.717) is 0 Å². The van der Waals surface area contributed by atoms with Crippen LogP contribution in [0.2, 0.25) is 0 Å². The molecule has 1 atom stereocenters. The van der Waals surface area contributed by atoms with Crippen molar-refractivity contribution in [3.05, 3.63) is 0 Å². The molecule has 0 aromatic rings. The monoisotopic (exact) mass is 113 g/mol. The molecule has 0 spiro atoms. The van der Waals surface area contributed by atoms with E-state index in [0.717, 1.165) is 25.4 Å². The van der Waals surface area contributed by atoms with Gasteiger partial charge < -0.3 is 4.90 Å². The summed E-state index contributed by atoms with van der Waals surface area (Å²) in [7, 11) is 0. The van der Waals surface area contributed by atoms with Crippen LogP contribution in [-0.2, 0) is 4.79 Å². The molecule has 8 heavy (non-hydrogen) atoms. The largest absolute Gasteiger partial charge is 0.345 e. The maximum atomic E-state index is 10.1. The fourth-order valence-corrected chi connectivity index (χ4v) is 1.06. The molecule has 1 rings (SSSR count). The van der Waals surface area contributed by atoms with E-state index in [1.54, 1.807) is 0 Å². The highest BCUT2D eigenvalue weighted by molar-refractivity contribution is 5.47. The third-order valence-electron chi connectivity index (χ3n) is 1.60. The van der Waals surface area contributed by atoms with E-state index in [-0.39, 0.29) is 0 Å². The first-order valence-corrected chi connectivity index (χ1v) is 3.02. The highest BCUT2D eigenvalue weighted by Gasteiger charge is 2.15. The normalized spacial score (nSPS) is 28.6. The zero-order valence-electron chi connectivity index (χ0n) is 5.13. The van der Waals surface area contributed by atoms with Gasteiger partial charge in [-0.3, -0.25) is 4.79 Å². The van der Waals surface area contributed by atoms with Gasteiger partial charge in [0.25, 0.3) is 0 Å². The lowest BCUT2D eigenvalue weighted by Crippen LogP contribution is -2.17. The summed E-state index contributed by atoms with van der Waals surface area (Å²) in [5.41, 5.74) is 0. The fourth-order valence-electron chi connectivity index (χ4n) is 1.06. The number of carbonyl (C=O) groups is 1. The Kier molecular flexibility index (Phi) is 1.51. The van der Waals surface area contributed by atoms with Crippen molar-refractivity contribution in [2.75, 3.05) is 13.1 Å². The second kappa shape index (κ2) is 2.16. The van der Waals surface area contributed by atoms with Gasteiger partial charge in [0.1, 0.15) is 0 Å². The molecule has 2 nitrogen and oxygen atoms in total. The van der Waals surface area contributed by atoms with Crippen LogP contribution in [0.1, 0.15) is 13.3 Å². The van der Waals surface area contributed by atoms with Gasteiger partial charge in [-0.05, 0) is 12.3 Å². The Bertz CT molecular complexity index is 92.5. The number of likely N-dealkylation sites (tertiary alicyclic amines) is 1. The Balaban J connectivity index is 2.32. The second-order valence-electron chi connectivity index (χ2n) is 2.49. The smallest absolute Gasteiger partial charge is 0.209 e. The Hall–Kier alpha value is -0.530. The Morgan fingerprint density at radius 1 is 1.75 bits per heavy atom. The van der Waals surface area contributed by atoms with Gasteiger partial charge in [-0.2, -0.15) is 0 Å². The molecule has 1 amide bonds. The lowest BCUT2D eigenvalue weighted by Gasteiger charge is -2.04. The number of nitrogens with zero attached hydrogens (tertiary/aromatic N) is 1. The summed E-state index contributed by atoms with van der Waals surface area (Å²) in [4.78, 5) is 11.9. The zero-order valence-corrected chi connectivity index (χ0v) is 5.13. The topological polar surface area (TPSA) is 20.3 Å². The number of hydrogen-bond acceptors (Lipinski definition) is 1. The summed E-state index contributed by atoms with van der Waals surface area (Å²) in [6, 6.07) is 0. The van der Waals surface area contributed by atoms with Gasteiger partial charge in [-0.25, -0.2) is 0 Å². The van der Waals surface area contributed by atoms with Crippen LogP contribution in [0.3, 0.4) is 0 Å². The molecule has 0 saturated carbocycles. The minimum absolute atomic E-state index is 0.722. The first-order valence-electron chi connectivity index (χ1n) is 3.02. The summed E-state index contributed by atoms with van der Waals surface area (Å²) >= 11 is 0. The Morgan fingerprint density at radius 3 is 2.75 bits per heavy atom. The predicted octanol–water partition coefficient (Wildman–Crippen LogP) is 0.485. The number of amides is 1. The molecule has 46 valence electrons. The highest BCUT2D eigenvalue weighted by Crippen LogP contribution is 2.11. The second-order valence-corrected chi connectivity index (χ2v) is 2.49. The molecule has 0 aromatic heterocycles. The van der Waals surface area contributed by atoms with E-state index in [4.69, 9.17) is 0 Å². The van der Waals surface area contributed by atoms with Gasteiger partial charge in [0, 0.05) is 13.1 Å². The van der Waals surface area contributed by atoms with Crippen LogP contribution in [0.5, 0.6) is 0 Å². The molecule has 0 N–H and O–H groups in total. The SMILES string of the molecule is C[C@@H]1CCN(C=O)C1. The van der Waals surface area contributed by atoms with Crippen molar-refractivity contribution in [1.29, 1.82) is 0 Å². The summed E-state index contributed by atoms with van der Waals surface area (Å²) in [6.07, 6.45) is 2.11. The van der Waals surface area contributed by atoms with E-state index in [1.807, 2.05) is 4.90 Å². The van der Waals surface area contributed by atoms with Crippen molar-refractivity contribution >= 4 is 6.41 Å². The number of hydrogen-bond donors (Lipinski definition) is 0. The van der Waals surface area contributed by atoms with Crippen LogP contribution in [0.15, 0.2) is 0 Å². The lowest BCUT2D eigenvalue weighted by molar-refractivity contribution is -0.117. The maximum Gasteiger partial charge on any atom is 0.209 e. The van der Waals surface area contributed by atoms with Crippen LogP contribution in [0, 0.1) is 5.92 Å². The number of rotatable bonds is 1. The first-order chi connectivity index (χ1) is 3.83. The Labute approximate surface area is 49.5 Å².